The maximum atomic E-state index is 12.9. The molecule has 5 nitrogen and oxygen atoms in total. The number of hydrogen-bond donors (Lipinski definition) is 1. The van der Waals surface area contributed by atoms with Crippen LogP contribution >= 0.6 is 11.8 Å². The first-order valence-electron chi connectivity index (χ1n) is 8.50. The molecule has 0 amide bonds. The van der Waals surface area contributed by atoms with Gasteiger partial charge in [-0.05, 0) is 32.9 Å². The number of nitriles is 1. The number of quaternary nitrogens is 1. The third-order valence-corrected chi connectivity index (χ3v) is 5.18. The van der Waals surface area contributed by atoms with Crippen molar-refractivity contribution < 1.29 is 4.90 Å². The standard InChI is InChI=1S/C18H24N4OS/c1-4-21(5-2)11-8-12-22-17(23)15-9-6-7-10-16(15)20-18(22)24-14(3)13-19/h6-7,9-10,14H,4-5,8,11-12H2,1-3H3/p+1/t14-/m0/s1. The Labute approximate surface area is 147 Å². The van der Waals surface area contributed by atoms with Gasteiger partial charge in [-0.25, -0.2) is 4.98 Å². The average molecular weight is 345 g/mol. The molecule has 0 unspecified atom stereocenters. The summed E-state index contributed by atoms with van der Waals surface area (Å²) in [6.07, 6.45) is 0.922. The Morgan fingerprint density at radius 2 is 2.04 bits per heavy atom. The van der Waals surface area contributed by atoms with Crippen molar-refractivity contribution in [2.24, 2.45) is 0 Å². The lowest BCUT2D eigenvalue weighted by Gasteiger charge is -2.17. The number of thioether (sulfide) groups is 1. The molecule has 0 aliphatic heterocycles. The van der Waals surface area contributed by atoms with Crippen LogP contribution in [0.25, 0.3) is 10.9 Å². The highest BCUT2D eigenvalue weighted by Crippen LogP contribution is 2.22. The highest BCUT2D eigenvalue weighted by atomic mass is 32.2. The first-order chi connectivity index (χ1) is 11.6. The minimum atomic E-state index is -0.238. The van der Waals surface area contributed by atoms with Crippen LogP contribution < -0.4 is 10.5 Å². The molecule has 2 aromatic rings. The van der Waals surface area contributed by atoms with E-state index in [0.29, 0.717) is 22.6 Å². The maximum Gasteiger partial charge on any atom is 0.262 e. The summed E-state index contributed by atoms with van der Waals surface area (Å²) < 4.78 is 1.74. The van der Waals surface area contributed by atoms with Gasteiger partial charge in [-0.1, -0.05) is 23.9 Å². The monoisotopic (exact) mass is 345 g/mol. The molecule has 0 bridgehead atoms. The Hall–Kier alpha value is -1.84. The smallest absolute Gasteiger partial charge is 0.262 e. The van der Waals surface area contributed by atoms with Crippen molar-refractivity contribution in [2.45, 2.75) is 44.1 Å². The zero-order valence-corrected chi connectivity index (χ0v) is 15.4. The summed E-state index contributed by atoms with van der Waals surface area (Å²) in [5.41, 5.74) is 0.684. The van der Waals surface area contributed by atoms with Crippen LogP contribution in [0.1, 0.15) is 27.2 Å². The van der Waals surface area contributed by atoms with E-state index >= 15 is 0 Å². The van der Waals surface area contributed by atoms with E-state index in [0.717, 1.165) is 26.1 Å². The predicted octanol–water partition coefficient (Wildman–Crippen LogP) is 1.72. The second-order valence-electron chi connectivity index (χ2n) is 5.82. The first kappa shape index (κ1) is 18.5. The van der Waals surface area contributed by atoms with E-state index in [-0.39, 0.29) is 10.8 Å². The summed E-state index contributed by atoms with van der Waals surface area (Å²) in [5.74, 6) is 0. The highest BCUT2D eigenvalue weighted by Gasteiger charge is 2.14. The Balaban J connectivity index is 2.34. The number of nitrogens with one attached hydrogen (secondary N) is 1. The highest BCUT2D eigenvalue weighted by molar-refractivity contribution is 8.00. The molecule has 6 heteroatoms. The second kappa shape index (κ2) is 8.86. The van der Waals surface area contributed by atoms with Crippen molar-refractivity contribution in [3.63, 3.8) is 0 Å². The van der Waals surface area contributed by atoms with Crippen molar-refractivity contribution in [2.75, 3.05) is 19.6 Å². The van der Waals surface area contributed by atoms with Gasteiger partial charge in [-0.2, -0.15) is 5.26 Å². The number of benzene rings is 1. The molecule has 0 spiro atoms. The van der Waals surface area contributed by atoms with E-state index in [4.69, 9.17) is 5.26 Å². The van der Waals surface area contributed by atoms with Crippen LogP contribution in [0.4, 0.5) is 0 Å². The van der Waals surface area contributed by atoms with Gasteiger partial charge in [0.25, 0.3) is 5.56 Å². The van der Waals surface area contributed by atoms with E-state index in [9.17, 15) is 4.79 Å². The maximum absolute atomic E-state index is 12.9. The van der Waals surface area contributed by atoms with Crippen LogP contribution in [0.3, 0.4) is 0 Å². The lowest BCUT2D eigenvalue weighted by molar-refractivity contribution is -0.896. The van der Waals surface area contributed by atoms with Gasteiger partial charge in [0.05, 0.1) is 41.9 Å². The molecule has 0 radical (unpaired) electrons. The topological polar surface area (TPSA) is 63.1 Å². The molecule has 0 saturated carbocycles. The number of rotatable bonds is 8. The predicted molar refractivity (Wildman–Crippen MR) is 98.5 cm³/mol. The fraction of sp³-hybridized carbons (Fsp3) is 0.500. The molecular weight excluding hydrogens is 320 g/mol. The summed E-state index contributed by atoms with van der Waals surface area (Å²) in [6.45, 7) is 10.0. The van der Waals surface area contributed by atoms with E-state index in [2.05, 4.69) is 24.9 Å². The molecule has 0 aliphatic rings. The minimum Gasteiger partial charge on any atom is -0.335 e. The Morgan fingerprint density at radius 3 is 2.71 bits per heavy atom. The van der Waals surface area contributed by atoms with Gasteiger partial charge in [0.15, 0.2) is 5.16 Å². The molecule has 1 aromatic carbocycles. The molecule has 128 valence electrons. The van der Waals surface area contributed by atoms with E-state index < -0.39 is 0 Å². The van der Waals surface area contributed by atoms with Gasteiger partial charge < -0.3 is 4.90 Å². The molecule has 1 heterocycles. The van der Waals surface area contributed by atoms with Crippen LogP contribution in [-0.4, -0.2) is 34.4 Å². The Bertz CT molecular complexity index is 777. The van der Waals surface area contributed by atoms with Crippen LogP contribution in [-0.2, 0) is 6.54 Å². The summed E-state index contributed by atoms with van der Waals surface area (Å²) in [7, 11) is 0. The summed E-state index contributed by atoms with van der Waals surface area (Å²) in [6, 6.07) is 9.61. The number of para-hydroxylation sites is 1. The van der Waals surface area contributed by atoms with Gasteiger partial charge in [0.1, 0.15) is 0 Å². The van der Waals surface area contributed by atoms with Gasteiger partial charge >= 0.3 is 0 Å². The zero-order chi connectivity index (χ0) is 17.5. The molecule has 0 fully saturated rings. The second-order valence-corrected chi connectivity index (χ2v) is 7.13. The third kappa shape index (κ3) is 4.37. The minimum absolute atomic E-state index is 0.0113. The fourth-order valence-electron chi connectivity index (χ4n) is 2.71. The molecular formula is C18H25N4OS+. The fourth-order valence-corrected chi connectivity index (χ4v) is 3.53. The van der Waals surface area contributed by atoms with Gasteiger partial charge in [-0.15, -0.1) is 0 Å². The van der Waals surface area contributed by atoms with E-state index in [1.165, 1.54) is 16.7 Å². The zero-order valence-electron chi connectivity index (χ0n) is 14.6. The SMILES string of the molecule is CC[NH+](CC)CCCn1c(S[C@@H](C)C#N)nc2ccccc2c1=O. The molecule has 24 heavy (non-hydrogen) atoms. The number of fused-ring (bicyclic) bond motifs is 1. The van der Waals surface area contributed by atoms with Gasteiger partial charge in [-0.3, -0.25) is 9.36 Å². The van der Waals surface area contributed by atoms with Crippen molar-refractivity contribution in [1.82, 2.24) is 9.55 Å². The molecule has 0 saturated heterocycles. The quantitative estimate of drug-likeness (QED) is 0.584. The summed E-state index contributed by atoms with van der Waals surface area (Å²) >= 11 is 1.35. The van der Waals surface area contributed by atoms with Crippen LogP contribution in [0.5, 0.6) is 0 Å². The van der Waals surface area contributed by atoms with Crippen molar-refractivity contribution >= 4 is 22.7 Å². The van der Waals surface area contributed by atoms with E-state index in [1.807, 2.05) is 31.2 Å². The largest absolute Gasteiger partial charge is 0.335 e. The van der Waals surface area contributed by atoms with Crippen LogP contribution in [0.15, 0.2) is 34.2 Å². The lowest BCUT2D eigenvalue weighted by atomic mass is 10.2. The Kier molecular flexibility index (Phi) is 6.83. The molecule has 1 atom stereocenters. The summed E-state index contributed by atoms with van der Waals surface area (Å²) in [4.78, 5) is 19.0. The lowest BCUT2D eigenvalue weighted by Crippen LogP contribution is -3.11. The molecule has 1 aromatic heterocycles. The number of aromatic nitrogens is 2. The van der Waals surface area contributed by atoms with Crippen LogP contribution in [0.2, 0.25) is 0 Å². The number of hydrogen-bond acceptors (Lipinski definition) is 4. The van der Waals surface area contributed by atoms with Crippen molar-refractivity contribution in [3.8, 4) is 6.07 Å². The van der Waals surface area contributed by atoms with Gasteiger partial charge in [0, 0.05) is 13.0 Å². The van der Waals surface area contributed by atoms with Crippen molar-refractivity contribution in [3.05, 3.63) is 34.6 Å². The average Bonchev–Trinajstić information content (AvgIpc) is 2.61. The van der Waals surface area contributed by atoms with Gasteiger partial charge in [0.2, 0.25) is 0 Å². The first-order valence-corrected chi connectivity index (χ1v) is 9.38. The van der Waals surface area contributed by atoms with Crippen LogP contribution in [0, 0.1) is 11.3 Å². The number of nitrogens with zero attached hydrogens (tertiary/aromatic N) is 3. The molecule has 1 N–H and O–H groups in total. The molecule has 0 aliphatic carbocycles. The van der Waals surface area contributed by atoms with Crippen molar-refractivity contribution in [1.29, 1.82) is 5.26 Å². The third-order valence-electron chi connectivity index (χ3n) is 4.20. The van der Waals surface area contributed by atoms with E-state index in [1.54, 1.807) is 4.57 Å². The molecule has 2 rings (SSSR count). The Morgan fingerprint density at radius 1 is 1.33 bits per heavy atom. The summed E-state index contributed by atoms with van der Waals surface area (Å²) in [5, 5.41) is 10.1. The normalized spacial score (nSPS) is 12.5.